The van der Waals surface area contributed by atoms with Gasteiger partial charge in [-0.25, -0.2) is 0 Å². The predicted molar refractivity (Wildman–Crippen MR) is 153 cm³/mol. The highest BCUT2D eigenvalue weighted by atomic mass is 32.1. The van der Waals surface area contributed by atoms with E-state index in [9.17, 15) is 4.79 Å². The number of hydrogen-bond acceptors (Lipinski definition) is 5. The van der Waals surface area contributed by atoms with Crippen molar-refractivity contribution in [1.82, 2.24) is 5.32 Å². The Kier molecular flexibility index (Phi) is 6.92. The zero-order valence-electron chi connectivity index (χ0n) is 22.3. The lowest BCUT2D eigenvalue weighted by atomic mass is 9.78. The van der Waals surface area contributed by atoms with Gasteiger partial charge in [0.15, 0.2) is 22.3 Å². The zero-order valence-corrected chi connectivity index (χ0v) is 23.1. The smallest absolute Gasteiger partial charge is 0.236 e. The lowest BCUT2D eigenvalue weighted by Gasteiger charge is -2.56. The maximum absolute atomic E-state index is 14.1. The minimum absolute atomic E-state index is 0.164. The standard InChI is InChI=1S/C30H33N3O4S/c1-6-35-21-14-12-20(13-15-21)33-29(38)32-26-22-9-8-10-24(36-7-2)27(22)37-30(33,5)25(26)28(34)31-23-16-11-18(3)17-19(23)4/h8-17,25-26H,6-7H2,1-5H3,(H,31,34)(H,32,38)/t25-,26-,30+/m0/s1. The molecule has 3 aromatic carbocycles. The van der Waals surface area contributed by atoms with E-state index in [0.717, 1.165) is 33.8 Å². The summed E-state index contributed by atoms with van der Waals surface area (Å²) in [5, 5.41) is 7.10. The maximum Gasteiger partial charge on any atom is 0.236 e. The fourth-order valence-corrected chi connectivity index (χ4v) is 5.86. The summed E-state index contributed by atoms with van der Waals surface area (Å²) in [5.41, 5.74) is 3.37. The van der Waals surface area contributed by atoms with Gasteiger partial charge in [-0.05, 0) is 88.8 Å². The summed E-state index contributed by atoms with van der Waals surface area (Å²) in [7, 11) is 0. The monoisotopic (exact) mass is 531 g/mol. The molecule has 0 saturated carbocycles. The largest absolute Gasteiger partial charge is 0.494 e. The van der Waals surface area contributed by atoms with Crippen molar-refractivity contribution in [2.75, 3.05) is 23.4 Å². The van der Waals surface area contributed by atoms with E-state index >= 15 is 0 Å². The van der Waals surface area contributed by atoms with Crippen LogP contribution in [0.2, 0.25) is 0 Å². The summed E-state index contributed by atoms with van der Waals surface area (Å²) in [4.78, 5) is 16.0. The minimum Gasteiger partial charge on any atom is -0.494 e. The molecular weight excluding hydrogens is 498 g/mol. The second kappa shape index (κ2) is 10.2. The molecule has 7 nitrogen and oxygen atoms in total. The van der Waals surface area contributed by atoms with Crippen LogP contribution in [0, 0.1) is 19.8 Å². The molecule has 2 aliphatic heterocycles. The average molecular weight is 532 g/mol. The van der Waals surface area contributed by atoms with Gasteiger partial charge in [0.2, 0.25) is 5.91 Å². The van der Waals surface area contributed by atoms with Crippen LogP contribution in [0.5, 0.6) is 17.2 Å². The predicted octanol–water partition coefficient (Wildman–Crippen LogP) is 5.90. The summed E-state index contributed by atoms with van der Waals surface area (Å²) in [6.45, 7) is 10.9. The molecule has 2 bridgehead atoms. The Morgan fingerprint density at radius 2 is 1.82 bits per heavy atom. The van der Waals surface area contributed by atoms with Crippen LogP contribution in [0.25, 0.3) is 0 Å². The molecule has 2 heterocycles. The molecule has 3 aromatic rings. The molecule has 1 fully saturated rings. The van der Waals surface area contributed by atoms with E-state index in [-0.39, 0.29) is 5.91 Å². The topological polar surface area (TPSA) is 72.1 Å². The SMILES string of the molecule is CCOc1ccc(N2C(=S)N[C@H]3c4cccc(OCC)c4O[C@]2(C)[C@@H]3C(=O)Nc2ccc(C)cc2C)cc1. The van der Waals surface area contributed by atoms with Gasteiger partial charge in [-0.15, -0.1) is 0 Å². The number of carbonyl (C=O) groups is 1. The lowest BCUT2D eigenvalue weighted by molar-refractivity contribution is -0.130. The van der Waals surface area contributed by atoms with E-state index in [1.165, 1.54) is 0 Å². The number of aryl methyl sites for hydroxylation is 2. The van der Waals surface area contributed by atoms with Crippen molar-refractivity contribution in [1.29, 1.82) is 0 Å². The number of para-hydroxylation sites is 1. The van der Waals surface area contributed by atoms with Crippen LogP contribution in [0.3, 0.4) is 0 Å². The van der Waals surface area contributed by atoms with Crippen LogP contribution >= 0.6 is 12.2 Å². The molecule has 5 rings (SSSR count). The van der Waals surface area contributed by atoms with Gasteiger partial charge in [0.05, 0.1) is 19.3 Å². The molecule has 3 atom stereocenters. The first kappa shape index (κ1) is 25.9. The highest BCUT2D eigenvalue weighted by Crippen LogP contribution is 2.52. The van der Waals surface area contributed by atoms with E-state index in [1.54, 1.807) is 0 Å². The molecule has 1 saturated heterocycles. The van der Waals surface area contributed by atoms with Crippen LogP contribution < -0.4 is 29.7 Å². The molecule has 2 aliphatic rings. The van der Waals surface area contributed by atoms with Crippen LogP contribution in [0.15, 0.2) is 60.7 Å². The minimum atomic E-state index is -1.15. The van der Waals surface area contributed by atoms with Gasteiger partial charge in [-0.1, -0.05) is 29.8 Å². The maximum atomic E-state index is 14.1. The Morgan fingerprint density at radius 3 is 2.50 bits per heavy atom. The highest BCUT2D eigenvalue weighted by Gasteiger charge is 2.59. The molecule has 0 unspecified atom stereocenters. The Morgan fingerprint density at radius 1 is 1.08 bits per heavy atom. The van der Waals surface area contributed by atoms with Gasteiger partial charge in [0.1, 0.15) is 11.7 Å². The fourth-order valence-electron chi connectivity index (χ4n) is 5.45. The van der Waals surface area contributed by atoms with Crippen LogP contribution in [0.1, 0.15) is 43.5 Å². The van der Waals surface area contributed by atoms with Gasteiger partial charge < -0.3 is 24.8 Å². The molecule has 0 aromatic heterocycles. The fraction of sp³-hybridized carbons (Fsp3) is 0.333. The quantitative estimate of drug-likeness (QED) is 0.368. The number of ether oxygens (including phenoxy) is 3. The molecule has 0 radical (unpaired) electrons. The van der Waals surface area contributed by atoms with E-state index in [1.807, 2.05) is 94.1 Å². The van der Waals surface area contributed by atoms with E-state index < -0.39 is 17.7 Å². The number of nitrogens with one attached hydrogen (secondary N) is 2. The summed E-state index contributed by atoms with van der Waals surface area (Å²) in [5.74, 6) is 1.20. The molecule has 198 valence electrons. The second-order valence-electron chi connectivity index (χ2n) is 9.74. The number of benzene rings is 3. The first-order valence-electron chi connectivity index (χ1n) is 12.9. The molecule has 8 heteroatoms. The summed E-state index contributed by atoms with van der Waals surface area (Å²) in [6, 6.07) is 19.0. The van der Waals surface area contributed by atoms with Crippen molar-refractivity contribution in [2.24, 2.45) is 5.92 Å². The summed E-state index contributed by atoms with van der Waals surface area (Å²) in [6.07, 6.45) is 0. The van der Waals surface area contributed by atoms with Crippen molar-refractivity contribution >= 4 is 34.6 Å². The third kappa shape index (κ3) is 4.43. The van der Waals surface area contributed by atoms with Crippen molar-refractivity contribution in [2.45, 2.75) is 46.4 Å². The lowest BCUT2D eigenvalue weighted by Crippen LogP contribution is -2.72. The number of rotatable bonds is 7. The Balaban J connectivity index is 1.62. The zero-order chi connectivity index (χ0) is 27.0. The molecule has 38 heavy (non-hydrogen) atoms. The Labute approximate surface area is 229 Å². The number of nitrogens with zero attached hydrogens (tertiary/aromatic N) is 1. The molecule has 0 spiro atoms. The van der Waals surface area contributed by atoms with Gasteiger partial charge >= 0.3 is 0 Å². The van der Waals surface area contributed by atoms with Gasteiger partial charge in [0, 0.05) is 16.9 Å². The number of thiocarbonyl (C=S) groups is 1. The van der Waals surface area contributed by atoms with Crippen molar-refractivity contribution in [3.05, 3.63) is 77.4 Å². The number of anilines is 2. The number of amides is 1. The highest BCUT2D eigenvalue weighted by molar-refractivity contribution is 7.80. The molecule has 1 amide bonds. The number of carbonyl (C=O) groups excluding carboxylic acids is 1. The van der Waals surface area contributed by atoms with Crippen molar-refractivity contribution < 1.29 is 19.0 Å². The van der Waals surface area contributed by atoms with Crippen molar-refractivity contribution in [3.8, 4) is 17.2 Å². The van der Waals surface area contributed by atoms with E-state index in [4.69, 9.17) is 26.4 Å². The first-order valence-corrected chi connectivity index (χ1v) is 13.3. The van der Waals surface area contributed by atoms with E-state index in [2.05, 4.69) is 16.7 Å². The Hall–Kier alpha value is -3.78. The van der Waals surface area contributed by atoms with Gasteiger partial charge in [0.25, 0.3) is 0 Å². The van der Waals surface area contributed by atoms with Crippen LogP contribution in [-0.4, -0.2) is 30.0 Å². The summed E-state index contributed by atoms with van der Waals surface area (Å²) >= 11 is 5.88. The molecular formula is C30H33N3O4S. The number of hydrogen-bond donors (Lipinski definition) is 2. The third-order valence-corrected chi connectivity index (χ3v) is 7.42. The number of fused-ring (bicyclic) bond motifs is 4. The van der Waals surface area contributed by atoms with E-state index in [0.29, 0.717) is 29.8 Å². The Bertz CT molecular complexity index is 1380. The van der Waals surface area contributed by atoms with Crippen LogP contribution in [-0.2, 0) is 4.79 Å². The van der Waals surface area contributed by atoms with Crippen molar-refractivity contribution in [3.63, 3.8) is 0 Å². The second-order valence-corrected chi connectivity index (χ2v) is 10.1. The molecule has 2 N–H and O–H groups in total. The average Bonchev–Trinajstić information content (AvgIpc) is 2.87. The van der Waals surface area contributed by atoms with Gasteiger partial charge in [-0.2, -0.15) is 0 Å². The third-order valence-electron chi connectivity index (χ3n) is 7.12. The van der Waals surface area contributed by atoms with Crippen LogP contribution in [0.4, 0.5) is 11.4 Å². The molecule has 0 aliphatic carbocycles. The van der Waals surface area contributed by atoms with Gasteiger partial charge in [-0.3, -0.25) is 9.69 Å². The summed E-state index contributed by atoms with van der Waals surface area (Å²) < 4.78 is 18.4. The first-order chi connectivity index (χ1) is 18.3. The normalized spacial score (nSPS) is 21.6.